The van der Waals surface area contributed by atoms with Gasteiger partial charge >= 0.3 is 0 Å². The monoisotopic (exact) mass is 336 g/mol. The van der Waals surface area contributed by atoms with E-state index >= 15 is 0 Å². The minimum atomic E-state index is 0.548. The van der Waals surface area contributed by atoms with Gasteiger partial charge in [-0.05, 0) is 61.2 Å². The topological polar surface area (TPSA) is 54.3 Å². The molecule has 0 aliphatic rings. The molecule has 4 heteroatoms. The van der Waals surface area contributed by atoms with Crippen LogP contribution in [0.15, 0.2) is 42.5 Å². The fraction of sp³-hybridized carbons (Fsp3) is 0.286. The van der Waals surface area contributed by atoms with Crippen LogP contribution >= 0.6 is 0 Å². The molecular weight excluding hydrogens is 312 g/mol. The summed E-state index contributed by atoms with van der Waals surface area (Å²) in [5.41, 5.74) is 4.99. The molecule has 0 fully saturated rings. The lowest BCUT2D eigenvalue weighted by molar-refractivity contribution is 0.311. The summed E-state index contributed by atoms with van der Waals surface area (Å²) >= 11 is 0. The van der Waals surface area contributed by atoms with E-state index < -0.39 is 0 Å². The molecule has 0 aromatic heterocycles. The molecule has 2 rings (SSSR count). The lowest BCUT2D eigenvalue weighted by atomic mass is 9.95. The molecule has 0 amide bonds. The second kappa shape index (κ2) is 8.79. The number of aryl methyl sites for hydroxylation is 1. The third-order valence-electron chi connectivity index (χ3n) is 3.90. The van der Waals surface area contributed by atoms with E-state index in [1.807, 2.05) is 31.2 Å². The molecule has 0 atom stereocenters. The average molecular weight is 336 g/mol. The van der Waals surface area contributed by atoms with Crippen molar-refractivity contribution in [2.75, 3.05) is 25.6 Å². The third kappa shape index (κ3) is 4.33. The van der Waals surface area contributed by atoms with E-state index in [1.165, 1.54) is 5.56 Å². The Kier molecular flexibility index (Phi) is 6.47. The Morgan fingerprint density at radius 1 is 1.12 bits per heavy atom. The number of rotatable bonds is 7. The van der Waals surface area contributed by atoms with Gasteiger partial charge in [0.05, 0.1) is 19.8 Å². The minimum absolute atomic E-state index is 0.548. The van der Waals surface area contributed by atoms with E-state index in [1.54, 1.807) is 13.2 Å². The summed E-state index contributed by atoms with van der Waals surface area (Å²) in [4.78, 5) is 0. The summed E-state index contributed by atoms with van der Waals surface area (Å²) in [7, 11) is 1.62. The van der Waals surface area contributed by atoms with Gasteiger partial charge in [-0.3, -0.25) is 0 Å². The SMILES string of the molecule is CCNc1cc(/C(=C\C#N)c2ccc(OC)c(OCC)c2)ccc1C. The Labute approximate surface area is 149 Å². The Balaban J connectivity index is 2.53. The van der Waals surface area contributed by atoms with Crippen LogP contribution in [0.1, 0.15) is 30.5 Å². The second-order valence-electron chi connectivity index (χ2n) is 5.55. The quantitative estimate of drug-likeness (QED) is 0.739. The standard InChI is InChI=1S/C21H24N2O2/c1-5-23-19-13-16(8-7-15(19)3)18(11-12-22)17-9-10-20(24-4)21(14-17)25-6-2/h7-11,13-14,23H,5-6H2,1-4H3/b18-11+. The first-order valence-electron chi connectivity index (χ1n) is 8.40. The molecule has 0 saturated heterocycles. The zero-order valence-electron chi connectivity index (χ0n) is 15.2. The number of benzene rings is 2. The van der Waals surface area contributed by atoms with Crippen molar-refractivity contribution in [2.45, 2.75) is 20.8 Å². The van der Waals surface area contributed by atoms with E-state index in [0.29, 0.717) is 18.1 Å². The normalized spacial score (nSPS) is 10.9. The van der Waals surface area contributed by atoms with Crippen molar-refractivity contribution in [3.8, 4) is 17.6 Å². The lowest BCUT2D eigenvalue weighted by Gasteiger charge is -2.15. The molecule has 0 unspecified atom stereocenters. The molecule has 4 nitrogen and oxygen atoms in total. The van der Waals surface area contributed by atoms with Crippen molar-refractivity contribution in [3.05, 3.63) is 59.2 Å². The molecule has 0 bridgehead atoms. The largest absolute Gasteiger partial charge is 0.493 e. The van der Waals surface area contributed by atoms with Crippen LogP contribution in [0.5, 0.6) is 11.5 Å². The molecule has 2 aromatic carbocycles. The van der Waals surface area contributed by atoms with E-state index in [4.69, 9.17) is 9.47 Å². The highest BCUT2D eigenvalue weighted by Crippen LogP contribution is 2.34. The van der Waals surface area contributed by atoms with Crippen molar-refractivity contribution < 1.29 is 9.47 Å². The third-order valence-corrected chi connectivity index (χ3v) is 3.90. The Morgan fingerprint density at radius 3 is 2.48 bits per heavy atom. The predicted octanol–water partition coefficient (Wildman–Crippen LogP) is 4.79. The van der Waals surface area contributed by atoms with Crippen molar-refractivity contribution in [1.82, 2.24) is 0 Å². The predicted molar refractivity (Wildman–Crippen MR) is 102 cm³/mol. The first kappa shape index (κ1) is 18.4. The fourth-order valence-corrected chi connectivity index (χ4v) is 2.68. The molecule has 2 aromatic rings. The number of nitrogens with zero attached hydrogens (tertiary/aromatic N) is 1. The van der Waals surface area contributed by atoms with E-state index in [0.717, 1.165) is 28.9 Å². The molecule has 0 saturated carbocycles. The summed E-state index contributed by atoms with van der Waals surface area (Å²) in [6, 6.07) is 14.0. The second-order valence-corrected chi connectivity index (χ2v) is 5.55. The van der Waals surface area contributed by atoms with Crippen LogP contribution in [0, 0.1) is 18.3 Å². The number of nitriles is 1. The van der Waals surface area contributed by atoms with Crippen LogP contribution < -0.4 is 14.8 Å². The fourth-order valence-electron chi connectivity index (χ4n) is 2.68. The summed E-state index contributed by atoms with van der Waals surface area (Å²) in [6.45, 7) is 7.46. The van der Waals surface area contributed by atoms with Crippen LogP contribution in [0.3, 0.4) is 0 Å². The number of allylic oxidation sites excluding steroid dienone is 1. The van der Waals surface area contributed by atoms with E-state index in [2.05, 4.69) is 37.4 Å². The van der Waals surface area contributed by atoms with Gasteiger partial charge in [-0.25, -0.2) is 0 Å². The number of nitrogens with one attached hydrogen (secondary N) is 1. The van der Waals surface area contributed by atoms with Crippen LogP contribution in [0.25, 0.3) is 5.57 Å². The smallest absolute Gasteiger partial charge is 0.161 e. The first-order chi connectivity index (χ1) is 12.1. The van der Waals surface area contributed by atoms with Crippen LogP contribution in [-0.4, -0.2) is 20.3 Å². The van der Waals surface area contributed by atoms with Crippen molar-refractivity contribution in [2.24, 2.45) is 0 Å². The number of hydrogen-bond donors (Lipinski definition) is 1. The van der Waals surface area contributed by atoms with Crippen LogP contribution in [-0.2, 0) is 0 Å². The van der Waals surface area contributed by atoms with Crippen molar-refractivity contribution in [3.63, 3.8) is 0 Å². The molecule has 0 spiro atoms. The van der Waals surface area contributed by atoms with Gasteiger partial charge in [-0.1, -0.05) is 18.2 Å². The van der Waals surface area contributed by atoms with Gasteiger partial charge in [0, 0.05) is 18.3 Å². The zero-order chi connectivity index (χ0) is 18.2. The maximum atomic E-state index is 9.26. The van der Waals surface area contributed by atoms with Crippen molar-refractivity contribution in [1.29, 1.82) is 5.26 Å². The summed E-state index contributed by atoms with van der Waals surface area (Å²) in [6.07, 6.45) is 1.57. The highest BCUT2D eigenvalue weighted by atomic mass is 16.5. The number of anilines is 1. The molecule has 0 radical (unpaired) electrons. The number of methoxy groups -OCH3 is 1. The van der Waals surface area contributed by atoms with Gasteiger partial charge < -0.3 is 14.8 Å². The molecule has 0 aliphatic heterocycles. The van der Waals surface area contributed by atoms with Crippen molar-refractivity contribution >= 4 is 11.3 Å². The van der Waals surface area contributed by atoms with Gasteiger partial charge in [0.2, 0.25) is 0 Å². The van der Waals surface area contributed by atoms with Gasteiger partial charge in [0.25, 0.3) is 0 Å². The molecular formula is C21H24N2O2. The van der Waals surface area contributed by atoms with E-state index in [-0.39, 0.29) is 0 Å². The number of hydrogen-bond acceptors (Lipinski definition) is 4. The Morgan fingerprint density at radius 2 is 1.84 bits per heavy atom. The lowest BCUT2D eigenvalue weighted by Crippen LogP contribution is -2.00. The summed E-state index contributed by atoms with van der Waals surface area (Å²) in [5, 5.41) is 12.6. The van der Waals surface area contributed by atoms with Gasteiger partial charge in [0.1, 0.15) is 0 Å². The number of ether oxygens (including phenoxy) is 2. The summed E-state index contributed by atoms with van der Waals surface area (Å²) in [5.74, 6) is 1.35. The maximum absolute atomic E-state index is 9.26. The van der Waals surface area contributed by atoms with E-state index in [9.17, 15) is 5.26 Å². The van der Waals surface area contributed by atoms with Crippen LogP contribution in [0.4, 0.5) is 5.69 Å². The highest BCUT2D eigenvalue weighted by molar-refractivity contribution is 5.83. The van der Waals surface area contributed by atoms with Gasteiger partial charge in [-0.15, -0.1) is 0 Å². The molecule has 1 N–H and O–H groups in total. The Hall–Kier alpha value is -2.93. The molecule has 0 aliphatic carbocycles. The molecule has 25 heavy (non-hydrogen) atoms. The highest BCUT2D eigenvalue weighted by Gasteiger charge is 2.12. The first-order valence-corrected chi connectivity index (χ1v) is 8.40. The molecule has 0 heterocycles. The average Bonchev–Trinajstić information content (AvgIpc) is 2.62. The Bertz CT molecular complexity index is 804. The van der Waals surface area contributed by atoms with Gasteiger partial charge in [0.15, 0.2) is 11.5 Å². The zero-order valence-corrected chi connectivity index (χ0v) is 15.2. The minimum Gasteiger partial charge on any atom is -0.493 e. The van der Waals surface area contributed by atoms with Gasteiger partial charge in [-0.2, -0.15) is 5.26 Å². The summed E-state index contributed by atoms with van der Waals surface area (Å²) < 4.78 is 11.0. The van der Waals surface area contributed by atoms with Crippen LogP contribution in [0.2, 0.25) is 0 Å². The molecule has 130 valence electrons. The maximum Gasteiger partial charge on any atom is 0.161 e.